The first-order valence-electron chi connectivity index (χ1n) is 8.23. The summed E-state index contributed by atoms with van der Waals surface area (Å²) in [7, 11) is 0. The molecule has 1 aromatic carbocycles. The lowest BCUT2D eigenvalue weighted by atomic mass is 10.1. The first-order chi connectivity index (χ1) is 11.2. The zero-order valence-corrected chi connectivity index (χ0v) is 14.7. The van der Waals surface area contributed by atoms with Crippen LogP contribution in [0.15, 0.2) is 18.2 Å². The molecule has 0 spiro atoms. The van der Waals surface area contributed by atoms with E-state index in [9.17, 15) is 4.79 Å². The van der Waals surface area contributed by atoms with Crippen LogP contribution >= 0.6 is 0 Å². The maximum Gasteiger partial charge on any atom is 0.410 e. The molecule has 130 valence electrons. The fourth-order valence-corrected chi connectivity index (χ4v) is 3.03. The Kier molecular flexibility index (Phi) is 4.03. The molecule has 1 saturated heterocycles. The number of fused-ring (bicyclic) bond motifs is 1. The fraction of sp³-hybridized carbons (Fsp3) is 0.529. The minimum atomic E-state index is -0.469. The lowest BCUT2D eigenvalue weighted by molar-refractivity contribution is 0.0219. The van der Waals surface area contributed by atoms with Crippen molar-refractivity contribution >= 4 is 28.8 Å². The first kappa shape index (κ1) is 16.4. The number of imidazole rings is 1. The number of nitrogens with zero attached hydrogens (tertiary/aromatic N) is 3. The molecule has 3 rings (SSSR count). The van der Waals surface area contributed by atoms with Gasteiger partial charge in [0, 0.05) is 31.4 Å². The fourth-order valence-electron chi connectivity index (χ4n) is 3.03. The normalized spacial score (nSPS) is 18.9. The molecule has 0 saturated carbocycles. The number of piperazine rings is 1. The van der Waals surface area contributed by atoms with Gasteiger partial charge in [0.25, 0.3) is 0 Å². The van der Waals surface area contributed by atoms with Crippen LogP contribution in [0, 0.1) is 0 Å². The van der Waals surface area contributed by atoms with E-state index in [1.54, 1.807) is 4.90 Å². The number of H-pyrrole nitrogens is 1. The number of hydrogen-bond donors (Lipinski definition) is 2. The molecule has 7 heteroatoms. The number of rotatable bonds is 1. The van der Waals surface area contributed by atoms with Crippen LogP contribution in [0.3, 0.4) is 0 Å². The van der Waals surface area contributed by atoms with Gasteiger partial charge >= 0.3 is 6.09 Å². The summed E-state index contributed by atoms with van der Waals surface area (Å²) in [5.41, 5.74) is 8.12. The minimum Gasteiger partial charge on any atom is -0.444 e. The van der Waals surface area contributed by atoms with Crippen LogP contribution < -0.4 is 10.6 Å². The topological polar surface area (TPSA) is 87.5 Å². The Morgan fingerprint density at radius 1 is 1.38 bits per heavy atom. The third kappa shape index (κ3) is 3.39. The summed E-state index contributed by atoms with van der Waals surface area (Å²) in [6, 6.07) is 6.26. The third-order valence-corrected chi connectivity index (χ3v) is 4.09. The zero-order chi connectivity index (χ0) is 17.5. The number of aromatic amines is 1. The number of nitrogen functional groups attached to an aromatic ring is 1. The van der Waals surface area contributed by atoms with Gasteiger partial charge in [-0.2, -0.15) is 0 Å². The van der Waals surface area contributed by atoms with Crippen molar-refractivity contribution in [2.45, 2.75) is 39.3 Å². The molecule has 0 bridgehead atoms. The quantitative estimate of drug-likeness (QED) is 0.838. The third-order valence-electron chi connectivity index (χ3n) is 4.09. The maximum atomic E-state index is 12.2. The van der Waals surface area contributed by atoms with Crippen molar-refractivity contribution in [2.75, 3.05) is 30.3 Å². The lowest BCUT2D eigenvalue weighted by Gasteiger charge is -2.41. The van der Waals surface area contributed by atoms with Crippen molar-refractivity contribution in [1.29, 1.82) is 0 Å². The largest absolute Gasteiger partial charge is 0.444 e. The summed E-state index contributed by atoms with van der Waals surface area (Å²) in [6.45, 7) is 9.81. The van der Waals surface area contributed by atoms with Crippen molar-refractivity contribution in [3.63, 3.8) is 0 Å². The predicted molar refractivity (Wildman–Crippen MR) is 95.1 cm³/mol. The molecule has 1 aliphatic rings. The zero-order valence-electron chi connectivity index (χ0n) is 14.7. The summed E-state index contributed by atoms with van der Waals surface area (Å²) in [6.07, 6.45) is -0.245. The van der Waals surface area contributed by atoms with Gasteiger partial charge in [0.1, 0.15) is 5.60 Å². The molecule has 1 aliphatic heterocycles. The lowest BCUT2D eigenvalue weighted by Crippen LogP contribution is -2.54. The van der Waals surface area contributed by atoms with Crippen molar-refractivity contribution in [3.8, 4) is 0 Å². The van der Waals surface area contributed by atoms with Gasteiger partial charge < -0.3 is 25.3 Å². The Labute approximate surface area is 141 Å². The summed E-state index contributed by atoms with van der Waals surface area (Å²) in [4.78, 5) is 23.6. The van der Waals surface area contributed by atoms with Crippen LogP contribution in [-0.4, -0.2) is 52.2 Å². The molecular weight excluding hydrogens is 306 g/mol. The summed E-state index contributed by atoms with van der Waals surface area (Å²) < 4.78 is 5.47. The number of amides is 1. The van der Waals surface area contributed by atoms with Gasteiger partial charge in [-0.1, -0.05) is 0 Å². The predicted octanol–water partition coefficient (Wildman–Crippen LogP) is 2.59. The Morgan fingerprint density at radius 3 is 2.79 bits per heavy atom. The van der Waals surface area contributed by atoms with E-state index in [0.29, 0.717) is 19.0 Å². The molecule has 2 heterocycles. The molecule has 3 N–H and O–H groups in total. The SMILES string of the molecule is C[C@@H]1CN(C(=O)OC(C)(C)C)CCN1c1ccc2nc(N)[nH]c2c1. The summed E-state index contributed by atoms with van der Waals surface area (Å²) in [5, 5.41) is 0. The van der Waals surface area contributed by atoms with Crippen molar-refractivity contribution in [3.05, 3.63) is 18.2 Å². The highest BCUT2D eigenvalue weighted by Crippen LogP contribution is 2.25. The van der Waals surface area contributed by atoms with Crippen LogP contribution in [0.1, 0.15) is 27.7 Å². The smallest absolute Gasteiger partial charge is 0.410 e. The number of nitrogens with one attached hydrogen (secondary N) is 1. The maximum absolute atomic E-state index is 12.2. The van der Waals surface area contributed by atoms with Crippen LogP contribution in [0.25, 0.3) is 11.0 Å². The van der Waals surface area contributed by atoms with Gasteiger partial charge in [-0.3, -0.25) is 0 Å². The molecule has 0 unspecified atom stereocenters. The molecule has 1 amide bonds. The number of benzene rings is 1. The Bertz CT molecular complexity index is 749. The van der Waals surface area contributed by atoms with Crippen LogP contribution in [0.2, 0.25) is 0 Å². The molecule has 1 atom stereocenters. The number of aromatic nitrogens is 2. The number of ether oxygens (including phenoxy) is 1. The van der Waals surface area contributed by atoms with E-state index in [1.165, 1.54) is 0 Å². The molecule has 24 heavy (non-hydrogen) atoms. The minimum absolute atomic E-state index is 0.198. The highest BCUT2D eigenvalue weighted by atomic mass is 16.6. The highest BCUT2D eigenvalue weighted by molar-refractivity contribution is 5.81. The molecule has 7 nitrogen and oxygen atoms in total. The number of carbonyl (C=O) groups is 1. The standard InChI is InChI=1S/C17H25N5O2/c1-11-10-21(16(23)24-17(2,3)4)7-8-22(11)12-5-6-13-14(9-12)20-15(18)19-13/h5-6,9,11H,7-8,10H2,1-4H3,(H3,18,19,20)/t11-/m1/s1. The highest BCUT2D eigenvalue weighted by Gasteiger charge is 2.30. The van der Waals surface area contributed by atoms with Crippen LogP contribution in [0.5, 0.6) is 0 Å². The second-order valence-corrected chi connectivity index (χ2v) is 7.29. The molecule has 1 fully saturated rings. The van der Waals surface area contributed by atoms with Gasteiger partial charge in [0.15, 0.2) is 5.95 Å². The van der Waals surface area contributed by atoms with Crippen molar-refractivity contribution in [1.82, 2.24) is 14.9 Å². The summed E-state index contributed by atoms with van der Waals surface area (Å²) in [5.74, 6) is 0.421. The van der Waals surface area contributed by atoms with E-state index in [2.05, 4.69) is 27.9 Å². The number of nitrogens with two attached hydrogens (primary N) is 1. The van der Waals surface area contributed by atoms with E-state index in [0.717, 1.165) is 23.3 Å². The first-order valence-corrected chi connectivity index (χ1v) is 8.23. The van der Waals surface area contributed by atoms with Gasteiger partial charge in [-0.15, -0.1) is 0 Å². The Balaban J connectivity index is 1.71. The van der Waals surface area contributed by atoms with E-state index >= 15 is 0 Å². The molecule has 0 radical (unpaired) electrons. The van der Waals surface area contributed by atoms with E-state index in [1.807, 2.05) is 32.9 Å². The van der Waals surface area contributed by atoms with E-state index in [-0.39, 0.29) is 12.1 Å². The number of carbonyl (C=O) groups excluding carboxylic acids is 1. The molecule has 2 aromatic rings. The van der Waals surface area contributed by atoms with Gasteiger partial charge in [0.2, 0.25) is 0 Å². The van der Waals surface area contributed by atoms with E-state index < -0.39 is 5.60 Å². The van der Waals surface area contributed by atoms with Crippen LogP contribution in [0.4, 0.5) is 16.4 Å². The van der Waals surface area contributed by atoms with Gasteiger partial charge in [-0.25, -0.2) is 9.78 Å². The second kappa shape index (κ2) is 5.89. The van der Waals surface area contributed by atoms with Crippen LogP contribution in [-0.2, 0) is 4.74 Å². The van der Waals surface area contributed by atoms with E-state index in [4.69, 9.17) is 10.5 Å². The molecular formula is C17H25N5O2. The van der Waals surface area contributed by atoms with Gasteiger partial charge in [-0.05, 0) is 45.9 Å². The van der Waals surface area contributed by atoms with Gasteiger partial charge in [0.05, 0.1) is 11.0 Å². The number of anilines is 2. The monoisotopic (exact) mass is 331 g/mol. The van der Waals surface area contributed by atoms with Crippen molar-refractivity contribution < 1.29 is 9.53 Å². The summed E-state index contributed by atoms with van der Waals surface area (Å²) >= 11 is 0. The Morgan fingerprint density at radius 2 is 2.12 bits per heavy atom. The van der Waals surface area contributed by atoms with Crippen molar-refractivity contribution in [2.24, 2.45) is 0 Å². The number of hydrogen-bond acceptors (Lipinski definition) is 5. The molecule has 0 aliphatic carbocycles. The average Bonchev–Trinajstić information content (AvgIpc) is 2.84. The molecule has 1 aromatic heterocycles. The average molecular weight is 331 g/mol. The second-order valence-electron chi connectivity index (χ2n) is 7.29. The Hall–Kier alpha value is -2.44.